The van der Waals surface area contributed by atoms with E-state index >= 15 is 0 Å². The summed E-state index contributed by atoms with van der Waals surface area (Å²) in [7, 11) is 3.65. The fourth-order valence-corrected chi connectivity index (χ4v) is 3.00. The molecule has 1 N–H and O–H groups in total. The van der Waals surface area contributed by atoms with Crippen molar-refractivity contribution in [3.63, 3.8) is 0 Å². The molecule has 1 heterocycles. The Morgan fingerprint density at radius 3 is 2.43 bits per heavy atom. The fraction of sp³-hybridized carbons (Fsp3) is 0.412. The molecule has 1 aliphatic carbocycles. The van der Waals surface area contributed by atoms with E-state index in [0.717, 1.165) is 35.7 Å². The van der Waals surface area contributed by atoms with Gasteiger partial charge in [-0.3, -0.25) is 0 Å². The molecule has 21 heavy (non-hydrogen) atoms. The van der Waals surface area contributed by atoms with Crippen LogP contribution < -0.4 is 5.32 Å². The summed E-state index contributed by atoms with van der Waals surface area (Å²) in [4.78, 5) is 9.46. The quantitative estimate of drug-likeness (QED) is 0.931. The molecule has 110 valence electrons. The highest BCUT2D eigenvalue weighted by Crippen LogP contribution is 2.40. The van der Waals surface area contributed by atoms with Gasteiger partial charge in [-0.2, -0.15) is 0 Å². The summed E-state index contributed by atoms with van der Waals surface area (Å²) in [6, 6.07) is 12.2. The normalized spacial score (nSPS) is 16.9. The number of benzene rings is 1. The molecule has 1 fully saturated rings. The van der Waals surface area contributed by atoms with E-state index in [-0.39, 0.29) is 5.60 Å². The van der Waals surface area contributed by atoms with Crippen molar-refractivity contribution in [1.82, 2.24) is 9.97 Å². The van der Waals surface area contributed by atoms with Crippen molar-refractivity contribution >= 4 is 5.82 Å². The summed E-state index contributed by atoms with van der Waals surface area (Å²) in [5, 5.41) is 3.14. The first-order chi connectivity index (χ1) is 10.3. The summed E-state index contributed by atoms with van der Waals surface area (Å²) < 4.78 is 5.82. The van der Waals surface area contributed by atoms with Gasteiger partial charge in [-0.15, -0.1) is 0 Å². The van der Waals surface area contributed by atoms with Gasteiger partial charge in [0, 0.05) is 25.8 Å². The maximum atomic E-state index is 5.82. The van der Waals surface area contributed by atoms with Gasteiger partial charge < -0.3 is 10.1 Å². The minimum absolute atomic E-state index is 0.323. The van der Waals surface area contributed by atoms with Gasteiger partial charge in [-0.05, 0) is 25.7 Å². The lowest BCUT2D eigenvalue weighted by molar-refractivity contribution is -0.0160. The Bertz CT molecular complexity index is 607. The lowest BCUT2D eigenvalue weighted by Crippen LogP contribution is -2.27. The third-order valence-corrected chi connectivity index (χ3v) is 4.26. The van der Waals surface area contributed by atoms with Gasteiger partial charge in [0.15, 0.2) is 5.82 Å². The molecule has 2 aromatic rings. The van der Waals surface area contributed by atoms with Crippen molar-refractivity contribution in [2.75, 3.05) is 19.5 Å². The number of aromatic nitrogens is 2. The third kappa shape index (κ3) is 2.63. The van der Waals surface area contributed by atoms with E-state index in [1.807, 2.05) is 31.3 Å². The van der Waals surface area contributed by atoms with E-state index < -0.39 is 0 Å². The number of nitrogens with zero attached hydrogens (tertiary/aromatic N) is 2. The number of ether oxygens (including phenoxy) is 1. The second-order valence-corrected chi connectivity index (χ2v) is 5.48. The molecule has 0 bridgehead atoms. The van der Waals surface area contributed by atoms with E-state index in [4.69, 9.17) is 9.72 Å². The highest BCUT2D eigenvalue weighted by Gasteiger charge is 2.39. The smallest absolute Gasteiger partial charge is 0.163 e. The Balaban J connectivity index is 2.09. The van der Waals surface area contributed by atoms with Gasteiger partial charge in [0.05, 0.1) is 5.69 Å². The maximum absolute atomic E-state index is 5.82. The molecule has 1 aromatic heterocycles. The van der Waals surface area contributed by atoms with Crippen LogP contribution in [0.1, 0.15) is 31.5 Å². The monoisotopic (exact) mass is 283 g/mol. The van der Waals surface area contributed by atoms with Gasteiger partial charge in [-0.1, -0.05) is 30.3 Å². The second kappa shape index (κ2) is 5.82. The van der Waals surface area contributed by atoms with E-state index in [1.165, 1.54) is 12.8 Å². The van der Waals surface area contributed by atoms with Crippen LogP contribution in [0.15, 0.2) is 36.4 Å². The molecule has 1 aromatic carbocycles. The van der Waals surface area contributed by atoms with Crippen LogP contribution in [0, 0.1) is 0 Å². The van der Waals surface area contributed by atoms with Crippen LogP contribution in [0.4, 0.5) is 5.82 Å². The molecule has 0 spiro atoms. The van der Waals surface area contributed by atoms with Crippen LogP contribution in [0.25, 0.3) is 11.3 Å². The minimum Gasteiger partial charge on any atom is -0.373 e. The number of hydrogen-bond donors (Lipinski definition) is 1. The SMILES string of the molecule is CNc1cc(-c2ccccc2)nc(C2(OC)CCCC2)n1. The molecule has 1 saturated carbocycles. The number of anilines is 1. The van der Waals surface area contributed by atoms with Crippen LogP contribution in [-0.4, -0.2) is 24.1 Å². The minimum atomic E-state index is -0.323. The highest BCUT2D eigenvalue weighted by molar-refractivity contribution is 5.62. The predicted octanol–water partition coefficient (Wildman–Crippen LogP) is 3.60. The van der Waals surface area contributed by atoms with Crippen LogP contribution in [0.2, 0.25) is 0 Å². The van der Waals surface area contributed by atoms with Crippen LogP contribution in [0.5, 0.6) is 0 Å². The molecule has 0 saturated heterocycles. The standard InChI is InChI=1S/C17H21N3O/c1-18-15-12-14(13-8-4-3-5-9-13)19-16(20-15)17(21-2)10-6-7-11-17/h3-5,8-9,12H,6-7,10-11H2,1-2H3,(H,18,19,20). The first-order valence-corrected chi connectivity index (χ1v) is 7.45. The van der Waals surface area contributed by atoms with E-state index in [1.54, 1.807) is 7.11 Å². The lowest BCUT2D eigenvalue weighted by atomic mass is 10.0. The second-order valence-electron chi connectivity index (χ2n) is 5.48. The number of nitrogens with one attached hydrogen (secondary N) is 1. The van der Waals surface area contributed by atoms with Gasteiger partial charge in [0.1, 0.15) is 11.4 Å². The number of rotatable bonds is 4. The Hall–Kier alpha value is -1.94. The zero-order valence-corrected chi connectivity index (χ0v) is 12.6. The van der Waals surface area contributed by atoms with E-state index in [0.29, 0.717) is 0 Å². The van der Waals surface area contributed by atoms with Crippen LogP contribution >= 0.6 is 0 Å². The predicted molar refractivity (Wildman–Crippen MR) is 84.2 cm³/mol. The molecule has 0 aliphatic heterocycles. The van der Waals surface area contributed by atoms with E-state index in [2.05, 4.69) is 22.4 Å². The number of methoxy groups -OCH3 is 1. The summed E-state index contributed by atoms with van der Waals surface area (Å²) in [6.07, 6.45) is 4.32. The Morgan fingerprint density at radius 2 is 1.81 bits per heavy atom. The average molecular weight is 283 g/mol. The Labute approximate surface area is 125 Å². The van der Waals surface area contributed by atoms with Crippen molar-refractivity contribution < 1.29 is 4.74 Å². The molecule has 4 heteroatoms. The van der Waals surface area contributed by atoms with Gasteiger partial charge in [0.25, 0.3) is 0 Å². The molecule has 3 rings (SSSR count). The third-order valence-electron chi connectivity index (χ3n) is 4.26. The molecule has 0 atom stereocenters. The molecule has 0 radical (unpaired) electrons. The molecule has 0 unspecified atom stereocenters. The first-order valence-electron chi connectivity index (χ1n) is 7.45. The molecule has 1 aliphatic rings. The molecule has 0 amide bonds. The Kier molecular flexibility index (Phi) is 3.88. The largest absolute Gasteiger partial charge is 0.373 e. The van der Waals surface area contributed by atoms with Crippen molar-refractivity contribution in [2.24, 2.45) is 0 Å². The van der Waals surface area contributed by atoms with E-state index in [9.17, 15) is 0 Å². The van der Waals surface area contributed by atoms with Crippen molar-refractivity contribution in [3.05, 3.63) is 42.2 Å². The zero-order chi connectivity index (χ0) is 14.7. The summed E-state index contributed by atoms with van der Waals surface area (Å²) in [5.74, 6) is 1.63. The summed E-state index contributed by atoms with van der Waals surface area (Å²) >= 11 is 0. The summed E-state index contributed by atoms with van der Waals surface area (Å²) in [5.41, 5.74) is 1.71. The zero-order valence-electron chi connectivity index (χ0n) is 12.6. The van der Waals surface area contributed by atoms with Crippen LogP contribution in [0.3, 0.4) is 0 Å². The van der Waals surface area contributed by atoms with Crippen LogP contribution in [-0.2, 0) is 10.3 Å². The first kappa shape index (κ1) is 14.0. The average Bonchev–Trinajstić information content (AvgIpc) is 3.05. The van der Waals surface area contributed by atoms with Gasteiger partial charge in [-0.25, -0.2) is 9.97 Å². The molecular weight excluding hydrogens is 262 g/mol. The van der Waals surface area contributed by atoms with Crippen molar-refractivity contribution in [3.8, 4) is 11.3 Å². The maximum Gasteiger partial charge on any atom is 0.163 e. The summed E-state index contributed by atoms with van der Waals surface area (Å²) in [6.45, 7) is 0. The van der Waals surface area contributed by atoms with Gasteiger partial charge >= 0.3 is 0 Å². The number of hydrogen-bond acceptors (Lipinski definition) is 4. The van der Waals surface area contributed by atoms with Crippen molar-refractivity contribution in [2.45, 2.75) is 31.3 Å². The molecular formula is C17H21N3O. The van der Waals surface area contributed by atoms with Crippen molar-refractivity contribution in [1.29, 1.82) is 0 Å². The molecule has 4 nitrogen and oxygen atoms in total. The fourth-order valence-electron chi connectivity index (χ4n) is 3.00. The topological polar surface area (TPSA) is 47.0 Å². The lowest BCUT2D eigenvalue weighted by Gasteiger charge is -2.26. The highest BCUT2D eigenvalue weighted by atomic mass is 16.5. The van der Waals surface area contributed by atoms with Gasteiger partial charge in [0.2, 0.25) is 0 Å². The Morgan fingerprint density at radius 1 is 1.10 bits per heavy atom.